The number of nitrogens with one attached hydrogen (secondary N) is 1. The van der Waals surface area contributed by atoms with Crippen LogP contribution in [0.2, 0.25) is 0 Å². The van der Waals surface area contributed by atoms with Crippen LogP contribution in [0.5, 0.6) is 10.9 Å². The van der Waals surface area contributed by atoms with Crippen molar-refractivity contribution in [3.8, 4) is 10.9 Å². The minimum atomic E-state index is -0.000424. The molecule has 0 bridgehead atoms. The first-order valence-corrected chi connectivity index (χ1v) is 11.7. The van der Waals surface area contributed by atoms with Gasteiger partial charge in [-0.1, -0.05) is 35.6 Å². The van der Waals surface area contributed by atoms with E-state index >= 15 is 0 Å². The molecule has 2 saturated heterocycles. The Morgan fingerprint density at radius 3 is 2.90 bits per heavy atom. The van der Waals surface area contributed by atoms with Crippen molar-refractivity contribution in [2.45, 2.75) is 24.9 Å². The number of ether oxygens (including phenoxy) is 2. The van der Waals surface area contributed by atoms with E-state index in [0.29, 0.717) is 24.4 Å². The van der Waals surface area contributed by atoms with Gasteiger partial charge < -0.3 is 19.6 Å². The maximum atomic E-state index is 11.4. The maximum Gasteiger partial charge on any atom is 0.279 e. The van der Waals surface area contributed by atoms with E-state index in [1.165, 1.54) is 5.56 Å². The highest BCUT2D eigenvalue weighted by Crippen LogP contribution is 2.31. The molecule has 2 fully saturated rings. The van der Waals surface area contributed by atoms with Crippen LogP contribution in [0.15, 0.2) is 48.5 Å². The van der Waals surface area contributed by atoms with E-state index in [9.17, 15) is 4.79 Å². The van der Waals surface area contributed by atoms with Gasteiger partial charge in [0.25, 0.3) is 5.19 Å². The zero-order valence-electron chi connectivity index (χ0n) is 17.4. The number of benzene rings is 2. The second kappa shape index (κ2) is 9.44. The fourth-order valence-electron chi connectivity index (χ4n) is 4.57. The minimum Gasteiger partial charge on any atom is -0.431 e. The van der Waals surface area contributed by atoms with Crippen molar-refractivity contribution in [3.05, 3.63) is 54.1 Å². The van der Waals surface area contributed by atoms with Crippen LogP contribution in [0.1, 0.15) is 12.0 Å². The number of para-hydroxylation sites is 1. The molecule has 2 aliphatic rings. The molecule has 0 spiro atoms. The molecule has 31 heavy (non-hydrogen) atoms. The quantitative estimate of drug-likeness (QED) is 0.571. The highest BCUT2D eigenvalue weighted by Gasteiger charge is 2.37. The molecular weight excluding hydrogens is 410 g/mol. The average Bonchev–Trinajstić information content (AvgIpc) is 3.45. The predicted molar refractivity (Wildman–Crippen MR) is 122 cm³/mol. The molecule has 6 nitrogen and oxygen atoms in total. The zero-order valence-corrected chi connectivity index (χ0v) is 18.2. The third-order valence-corrected chi connectivity index (χ3v) is 7.17. The van der Waals surface area contributed by atoms with Gasteiger partial charge in [0.1, 0.15) is 12.0 Å². The molecule has 0 radical (unpaired) electrons. The van der Waals surface area contributed by atoms with E-state index in [4.69, 9.17) is 9.47 Å². The molecule has 162 valence electrons. The molecule has 3 heterocycles. The Labute approximate surface area is 186 Å². The number of aromatic nitrogens is 1. The molecule has 0 aliphatic carbocycles. The number of carbonyl (C=O) groups is 1. The van der Waals surface area contributed by atoms with Crippen LogP contribution in [0, 0.1) is 5.92 Å². The van der Waals surface area contributed by atoms with Crippen LogP contribution in [-0.4, -0.2) is 61.1 Å². The summed E-state index contributed by atoms with van der Waals surface area (Å²) in [5.74, 6) is 0.806. The van der Waals surface area contributed by atoms with Crippen LogP contribution in [-0.2, 0) is 16.0 Å². The summed E-state index contributed by atoms with van der Waals surface area (Å²) in [6, 6.07) is 17.0. The Bertz CT molecular complexity index is 989. The molecule has 7 heteroatoms. The van der Waals surface area contributed by atoms with Gasteiger partial charge in [-0.05, 0) is 42.7 Å². The third kappa shape index (κ3) is 4.65. The summed E-state index contributed by atoms with van der Waals surface area (Å²) < 4.78 is 12.7. The number of hydrogen-bond donors (Lipinski definition) is 1. The largest absolute Gasteiger partial charge is 0.431 e. The summed E-state index contributed by atoms with van der Waals surface area (Å²) in [5, 5.41) is 4.18. The summed E-state index contributed by atoms with van der Waals surface area (Å²) >= 11 is 1.56. The van der Waals surface area contributed by atoms with Crippen molar-refractivity contribution >= 4 is 27.8 Å². The first-order chi connectivity index (χ1) is 15.3. The second-order valence-corrected chi connectivity index (χ2v) is 9.23. The monoisotopic (exact) mass is 437 g/mol. The maximum absolute atomic E-state index is 11.4. The smallest absolute Gasteiger partial charge is 0.279 e. The second-order valence-electron chi connectivity index (χ2n) is 8.23. The predicted octanol–water partition coefficient (Wildman–Crippen LogP) is 3.51. The van der Waals surface area contributed by atoms with E-state index in [-0.39, 0.29) is 12.0 Å². The lowest BCUT2D eigenvalue weighted by Gasteiger charge is -2.41. The SMILES string of the molecule is O=CC1COCC1N1CCNCC1CCc1ccc(Oc2nc3ccccc3s2)cc1. The third-order valence-electron chi connectivity index (χ3n) is 6.26. The van der Waals surface area contributed by atoms with E-state index < -0.39 is 0 Å². The molecule has 3 aromatic rings. The number of aldehydes is 1. The average molecular weight is 438 g/mol. The lowest BCUT2D eigenvalue weighted by molar-refractivity contribution is -0.112. The first kappa shape index (κ1) is 20.6. The van der Waals surface area contributed by atoms with Gasteiger partial charge in [0.15, 0.2) is 0 Å². The van der Waals surface area contributed by atoms with Gasteiger partial charge >= 0.3 is 0 Å². The summed E-state index contributed by atoms with van der Waals surface area (Å²) in [4.78, 5) is 18.5. The number of aryl methyl sites for hydroxylation is 1. The highest BCUT2D eigenvalue weighted by molar-refractivity contribution is 7.20. The Morgan fingerprint density at radius 1 is 1.19 bits per heavy atom. The number of thiazole rings is 1. The van der Waals surface area contributed by atoms with E-state index in [2.05, 4.69) is 33.4 Å². The van der Waals surface area contributed by atoms with Gasteiger partial charge in [-0.3, -0.25) is 4.90 Å². The summed E-state index contributed by atoms with van der Waals surface area (Å²) in [5.41, 5.74) is 2.26. The van der Waals surface area contributed by atoms with Crippen LogP contribution in [0.3, 0.4) is 0 Å². The van der Waals surface area contributed by atoms with Crippen molar-refractivity contribution in [3.63, 3.8) is 0 Å². The summed E-state index contributed by atoms with van der Waals surface area (Å²) in [6.45, 7) is 4.12. The summed E-state index contributed by atoms with van der Waals surface area (Å²) in [6.07, 6.45) is 3.11. The van der Waals surface area contributed by atoms with Crippen molar-refractivity contribution < 1.29 is 14.3 Å². The van der Waals surface area contributed by atoms with Crippen molar-refractivity contribution in [2.75, 3.05) is 32.8 Å². The number of rotatable bonds is 7. The van der Waals surface area contributed by atoms with Crippen LogP contribution in [0.4, 0.5) is 0 Å². The van der Waals surface area contributed by atoms with Crippen LogP contribution >= 0.6 is 11.3 Å². The highest BCUT2D eigenvalue weighted by atomic mass is 32.1. The topological polar surface area (TPSA) is 63.7 Å². The number of fused-ring (bicyclic) bond motifs is 1. The molecule has 1 N–H and O–H groups in total. The molecule has 1 aromatic heterocycles. The Morgan fingerprint density at radius 2 is 2.06 bits per heavy atom. The van der Waals surface area contributed by atoms with Gasteiger partial charge in [-0.15, -0.1) is 0 Å². The van der Waals surface area contributed by atoms with E-state index in [0.717, 1.165) is 54.7 Å². The van der Waals surface area contributed by atoms with Crippen molar-refractivity contribution in [1.29, 1.82) is 0 Å². The van der Waals surface area contributed by atoms with E-state index in [1.54, 1.807) is 11.3 Å². The molecule has 2 aromatic carbocycles. The van der Waals surface area contributed by atoms with Gasteiger partial charge in [0, 0.05) is 31.7 Å². The Kier molecular flexibility index (Phi) is 6.27. The van der Waals surface area contributed by atoms with E-state index in [1.807, 2.05) is 30.3 Å². The molecule has 3 atom stereocenters. The van der Waals surface area contributed by atoms with Gasteiger partial charge in [-0.2, -0.15) is 0 Å². The molecule has 0 saturated carbocycles. The first-order valence-electron chi connectivity index (χ1n) is 10.9. The Hall–Kier alpha value is -2.32. The molecule has 5 rings (SSSR count). The van der Waals surface area contributed by atoms with Gasteiger partial charge in [0.2, 0.25) is 0 Å². The molecule has 0 amide bonds. The zero-order chi connectivity index (χ0) is 21.0. The normalized spacial score (nSPS) is 24.5. The van der Waals surface area contributed by atoms with Crippen molar-refractivity contribution in [2.24, 2.45) is 5.92 Å². The lowest BCUT2D eigenvalue weighted by Crippen LogP contribution is -2.57. The van der Waals surface area contributed by atoms with Gasteiger partial charge in [-0.25, -0.2) is 4.98 Å². The fourth-order valence-corrected chi connectivity index (χ4v) is 5.40. The van der Waals surface area contributed by atoms with Crippen LogP contribution in [0.25, 0.3) is 10.2 Å². The van der Waals surface area contributed by atoms with Crippen LogP contribution < -0.4 is 10.1 Å². The Balaban J connectivity index is 1.19. The van der Waals surface area contributed by atoms with Crippen molar-refractivity contribution in [1.82, 2.24) is 15.2 Å². The molecular formula is C24H27N3O3S. The molecule has 2 aliphatic heterocycles. The summed E-state index contributed by atoms with van der Waals surface area (Å²) in [7, 11) is 0. The number of nitrogens with zero attached hydrogens (tertiary/aromatic N) is 2. The number of hydrogen-bond acceptors (Lipinski definition) is 7. The standard InChI is InChI=1S/C24H27N3O3S/c28-14-18-15-29-16-22(18)27-12-11-25-13-19(27)8-5-17-6-9-20(10-7-17)30-24-26-21-3-1-2-4-23(21)31-24/h1-4,6-7,9-10,14,18-19,22,25H,5,8,11-13,15-16H2. The minimum absolute atomic E-state index is 0.000424. The fraction of sp³-hybridized carbons (Fsp3) is 0.417. The number of piperazine rings is 1. The molecule has 3 unspecified atom stereocenters. The number of carbonyl (C=O) groups excluding carboxylic acids is 1. The van der Waals surface area contributed by atoms with Gasteiger partial charge in [0.05, 0.1) is 29.3 Å². The lowest BCUT2D eigenvalue weighted by atomic mass is 9.97.